The number of methoxy groups -OCH3 is 1. The quantitative estimate of drug-likeness (QED) is 0.570. The summed E-state index contributed by atoms with van der Waals surface area (Å²) in [6.07, 6.45) is 5.30. The second kappa shape index (κ2) is 8.01. The van der Waals surface area contributed by atoms with Crippen LogP contribution >= 0.6 is 0 Å². The van der Waals surface area contributed by atoms with Crippen molar-refractivity contribution in [3.63, 3.8) is 0 Å². The fourth-order valence-electron chi connectivity index (χ4n) is 2.38. The Bertz CT molecular complexity index is 172. The molecule has 0 aliphatic heterocycles. The maximum absolute atomic E-state index is 9.78. The number of aliphatic hydroxyl groups excluding tert-OH is 2. The van der Waals surface area contributed by atoms with Gasteiger partial charge in [-0.3, -0.25) is 0 Å². The van der Waals surface area contributed by atoms with Crippen LogP contribution in [0.4, 0.5) is 0 Å². The maximum atomic E-state index is 9.78. The van der Waals surface area contributed by atoms with E-state index in [0.717, 1.165) is 6.42 Å². The lowest BCUT2D eigenvalue weighted by atomic mass is 10.00. The predicted molar refractivity (Wildman–Crippen MR) is 63.3 cm³/mol. The molecule has 4 heteroatoms. The summed E-state index contributed by atoms with van der Waals surface area (Å²) in [5, 5.41) is 22.2. The summed E-state index contributed by atoms with van der Waals surface area (Å²) in [5.74, 6) is 0.709. The molecule has 3 N–H and O–H groups in total. The van der Waals surface area contributed by atoms with Gasteiger partial charge in [-0.1, -0.05) is 25.7 Å². The molecule has 0 aromatic rings. The zero-order chi connectivity index (χ0) is 11.8. The normalized spacial score (nSPS) is 21.2. The molecular formula is C12H25NO3. The Hall–Kier alpha value is -0.160. The van der Waals surface area contributed by atoms with Crippen LogP contribution in [0.25, 0.3) is 0 Å². The number of aliphatic hydroxyl groups is 2. The molecule has 0 spiro atoms. The Morgan fingerprint density at radius 3 is 2.44 bits per heavy atom. The number of nitrogens with one attached hydrogen (secondary N) is 1. The number of hydrogen-bond donors (Lipinski definition) is 3. The van der Waals surface area contributed by atoms with Crippen molar-refractivity contribution in [2.75, 3.05) is 26.8 Å². The largest absolute Gasteiger partial charge is 0.392 e. The Morgan fingerprint density at radius 1 is 1.19 bits per heavy atom. The number of hydrogen-bond acceptors (Lipinski definition) is 4. The Balaban J connectivity index is 1.98. The molecule has 4 nitrogen and oxygen atoms in total. The molecule has 0 bridgehead atoms. The third-order valence-electron chi connectivity index (χ3n) is 3.20. The van der Waals surface area contributed by atoms with Crippen LogP contribution in [0.1, 0.15) is 32.1 Å². The fourth-order valence-corrected chi connectivity index (χ4v) is 2.38. The summed E-state index contributed by atoms with van der Waals surface area (Å²) < 4.78 is 4.82. The molecule has 1 rings (SSSR count). The van der Waals surface area contributed by atoms with E-state index in [9.17, 15) is 10.2 Å². The first kappa shape index (κ1) is 13.9. The summed E-state index contributed by atoms with van der Waals surface area (Å²) in [6.45, 7) is 1.39. The van der Waals surface area contributed by atoms with Crippen LogP contribution in [0, 0.1) is 5.92 Å². The standard InChI is InChI=1S/C12H25NO3/c1-16-9-12(15)8-13-7-11(14)6-10-4-2-3-5-10/h10-15H,2-9H2,1H3. The molecule has 2 atom stereocenters. The SMILES string of the molecule is COCC(O)CNCC(O)CC1CCCC1. The van der Waals surface area contributed by atoms with E-state index in [0.29, 0.717) is 25.6 Å². The number of ether oxygens (including phenoxy) is 1. The highest BCUT2D eigenvalue weighted by Crippen LogP contribution is 2.28. The molecule has 96 valence electrons. The van der Waals surface area contributed by atoms with Gasteiger partial charge < -0.3 is 20.3 Å². The zero-order valence-corrected chi connectivity index (χ0v) is 10.2. The van der Waals surface area contributed by atoms with Crippen LogP contribution in [0.3, 0.4) is 0 Å². The van der Waals surface area contributed by atoms with Gasteiger partial charge in [0, 0.05) is 20.2 Å². The highest BCUT2D eigenvalue weighted by molar-refractivity contribution is 4.72. The lowest BCUT2D eigenvalue weighted by Crippen LogP contribution is -2.35. The van der Waals surface area contributed by atoms with E-state index in [1.807, 2.05) is 0 Å². The van der Waals surface area contributed by atoms with Gasteiger partial charge >= 0.3 is 0 Å². The third kappa shape index (κ3) is 5.80. The first-order valence-electron chi connectivity index (χ1n) is 6.28. The summed E-state index contributed by atoms with van der Waals surface area (Å²) in [4.78, 5) is 0. The van der Waals surface area contributed by atoms with Gasteiger partial charge in [-0.25, -0.2) is 0 Å². The molecule has 1 aliphatic carbocycles. The summed E-state index contributed by atoms with van der Waals surface area (Å²) in [5.41, 5.74) is 0. The fraction of sp³-hybridized carbons (Fsp3) is 1.00. The summed E-state index contributed by atoms with van der Waals surface area (Å²) in [6, 6.07) is 0. The maximum Gasteiger partial charge on any atom is 0.0897 e. The van der Waals surface area contributed by atoms with Crippen molar-refractivity contribution in [3.8, 4) is 0 Å². The molecule has 0 saturated heterocycles. The van der Waals surface area contributed by atoms with Crippen LogP contribution < -0.4 is 5.32 Å². The average molecular weight is 231 g/mol. The Labute approximate surface area is 98.0 Å². The molecular weight excluding hydrogens is 206 g/mol. The van der Waals surface area contributed by atoms with Crippen LogP contribution in [0.15, 0.2) is 0 Å². The second-order valence-electron chi connectivity index (χ2n) is 4.81. The molecule has 0 aromatic heterocycles. The average Bonchev–Trinajstić information content (AvgIpc) is 2.70. The Morgan fingerprint density at radius 2 is 1.81 bits per heavy atom. The minimum absolute atomic E-state index is 0.280. The van der Waals surface area contributed by atoms with Crippen molar-refractivity contribution in [1.29, 1.82) is 0 Å². The van der Waals surface area contributed by atoms with Gasteiger partial charge in [0.05, 0.1) is 18.8 Å². The molecule has 2 unspecified atom stereocenters. The van der Waals surface area contributed by atoms with Crippen molar-refractivity contribution in [2.45, 2.75) is 44.3 Å². The first-order valence-corrected chi connectivity index (χ1v) is 6.28. The van der Waals surface area contributed by atoms with Gasteiger partial charge in [0.15, 0.2) is 0 Å². The van der Waals surface area contributed by atoms with E-state index in [2.05, 4.69) is 5.32 Å². The topological polar surface area (TPSA) is 61.7 Å². The minimum Gasteiger partial charge on any atom is -0.392 e. The van der Waals surface area contributed by atoms with Gasteiger partial charge in [0.1, 0.15) is 0 Å². The lowest BCUT2D eigenvalue weighted by Gasteiger charge is -2.17. The molecule has 1 aliphatic rings. The predicted octanol–water partition coefficient (Wildman–Crippen LogP) is 0.524. The number of rotatable bonds is 8. The van der Waals surface area contributed by atoms with Gasteiger partial charge in [0.25, 0.3) is 0 Å². The van der Waals surface area contributed by atoms with Crippen LogP contribution in [-0.2, 0) is 4.74 Å². The van der Waals surface area contributed by atoms with Crippen molar-refractivity contribution in [1.82, 2.24) is 5.32 Å². The molecule has 0 radical (unpaired) electrons. The summed E-state index contributed by atoms with van der Waals surface area (Å²) in [7, 11) is 1.57. The van der Waals surface area contributed by atoms with Crippen LogP contribution in [0.5, 0.6) is 0 Å². The van der Waals surface area contributed by atoms with Gasteiger partial charge in [0.2, 0.25) is 0 Å². The van der Waals surface area contributed by atoms with Crippen LogP contribution in [-0.4, -0.2) is 49.2 Å². The molecule has 0 aromatic carbocycles. The summed E-state index contributed by atoms with van der Waals surface area (Å²) >= 11 is 0. The van der Waals surface area contributed by atoms with Crippen LogP contribution in [0.2, 0.25) is 0 Å². The highest BCUT2D eigenvalue weighted by Gasteiger charge is 2.18. The van der Waals surface area contributed by atoms with E-state index in [4.69, 9.17) is 4.74 Å². The smallest absolute Gasteiger partial charge is 0.0897 e. The zero-order valence-electron chi connectivity index (χ0n) is 10.2. The minimum atomic E-state index is -0.483. The van der Waals surface area contributed by atoms with E-state index < -0.39 is 6.10 Å². The van der Waals surface area contributed by atoms with Crippen molar-refractivity contribution in [2.24, 2.45) is 5.92 Å². The van der Waals surface area contributed by atoms with Gasteiger partial charge in [-0.05, 0) is 12.3 Å². The Kier molecular flexibility index (Phi) is 6.96. The van der Waals surface area contributed by atoms with Gasteiger partial charge in [-0.15, -0.1) is 0 Å². The molecule has 0 heterocycles. The molecule has 1 saturated carbocycles. The molecule has 16 heavy (non-hydrogen) atoms. The van der Waals surface area contributed by atoms with Crippen molar-refractivity contribution in [3.05, 3.63) is 0 Å². The van der Waals surface area contributed by atoms with Crippen molar-refractivity contribution >= 4 is 0 Å². The van der Waals surface area contributed by atoms with E-state index in [1.165, 1.54) is 25.7 Å². The monoisotopic (exact) mass is 231 g/mol. The highest BCUT2D eigenvalue weighted by atomic mass is 16.5. The third-order valence-corrected chi connectivity index (χ3v) is 3.20. The van der Waals surface area contributed by atoms with E-state index in [1.54, 1.807) is 7.11 Å². The van der Waals surface area contributed by atoms with Crippen molar-refractivity contribution < 1.29 is 14.9 Å². The van der Waals surface area contributed by atoms with Gasteiger partial charge in [-0.2, -0.15) is 0 Å². The van der Waals surface area contributed by atoms with E-state index >= 15 is 0 Å². The van der Waals surface area contributed by atoms with E-state index in [-0.39, 0.29) is 6.10 Å². The lowest BCUT2D eigenvalue weighted by molar-refractivity contribution is 0.0605. The molecule has 1 fully saturated rings. The molecule has 0 amide bonds. The first-order chi connectivity index (χ1) is 7.72. The second-order valence-corrected chi connectivity index (χ2v) is 4.81.